The van der Waals surface area contributed by atoms with Gasteiger partial charge in [0.15, 0.2) is 0 Å². The van der Waals surface area contributed by atoms with Gasteiger partial charge in [0.2, 0.25) is 0 Å². The van der Waals surface area contributed by atoms with Gasteiger partial charge in [-0.05, 0) is 50.2 Å². The molecule has 1 atom stereocenters. The van der Waals surface area contributed by atoms with E-state index < -0.39 is 0 Å². The molecule has 2 N–H and O–H groups in total. The van der Waals surface area contributed by atoms with Gasteiger partial charge < -0.3 is 15.4 Å². The van der Waals surface area contributed by atoms with Crippen LogP contribution >= 0.6 is 0 Å². The van der Waals surface area contributed by atoms with Crippen LogP contribution in [0.2, 0.25) is 0 Å². The van der Waals surface area contributed by atoms with Crippen molar-refractivity contribution < 1.29 is 4.74 Å². The van der Waals surface area contributed by atoms with Gasteiger partial charge in [-0.3, -0.25) is 0 Å². The number of anilines is 1. The second kappa shape index (κ2) is 5.21. The first kappa shape index (κ1) is 11.3. The van der Waals surface area contributed by atoms with Gasteiger partial charge in [0.05, 0.1) is 7.11 Å². The number of benzene rings is 1. The first-order valence-electron chi connectivity index (χ1n) is 5.91. The summed E-state index contributed by atoms with van der Waals surface area (Å²) in [6.45, 7) is 2.15. The van der Waals surface area contributed by atoms with Gasteiger partial charge in [0.1, 0.15) is 5.75 Å². The number of ether oxygens (including phenoxy) is 1. The zero-order chi connectivity index (χ0) is 11.4. The van der Waals surface area contributed by atoms with Crippen LogP contribution in [0.3, 0.4) is 0 Å². The number of methoxy groups -OCH3 is 1. The van der Waals surface area contributed by atoms with Gasteiger partial charge in [0.25, 0.3) is 0 Å². The van der Waals surface area contributed by atoms with E-state index in [1.807, 2.05) is 13.1 Å². The summed E-state index contributed by atoms with van der Waals surface area (Å²) in [5.41, 5.74) is 2.69. The molecule has 1 aliphatic heterocycles. The molecule has 0 bridgehead atoms. The number of hydrogen-bond acceptors (Lipinski definition) is 3. The van der Waals surface area contributed by atoms with E-state index in [9.17, 15) is 0 Å². The molecule has 0 radical (unpaired) electrons. The SMILES string of the molecule is CNCCCC1CNc2ccc(OC)cc21. The molecular weight excluding hydrogens is 200 g/mol. The Balaban J connectivity index is 2.05. The minimum absolute atomic E-state index is 0.637. The summed E-state index contributed by atoms with van der Waals surface area (Å²) < 4.78 is 5.27. The molecule has 0 aromatic heterocycles. The smallest absolute Gasteiger partial charge is 0.119 e. The van der Waals surface area contributed by atoms with Crippen LogP contribution in [-0.2, 0) is 0 Å². The average Bonchev–Trinajstić information content (AvgIpc) is 2.72. The third kappa shape index (κ3) is 2.30. The molecule has 16 heavy (non-hydrogen) atoms. The number of rotatable bonds is 5. The van der Waals surface area contributed by atoms with Crippen LogP contribution in [0, 0.1) is 0 Å². The average molecular weight is 220 g/mol. The normalized spacial score (nSPS) is 18.0. The Morgan fingerprint density at radius 3 is 3.12 bits per heavy atom. The Morgan fingerprint density at radius 2 is 2.38 bits per heavy atom. The maximum Gasteiger partial charge on any atom is 0.119 e. The zero-order valence-electron chi connectivity index (χ0n) is 10.0. The maximum atomic E-state index is 5.27. The lowest BCUT2D eigenvalue weighted by atomic mass is 9.96. The second-order valence-electron chi connectivity index (χ2n) is 4.28. The number of fused-ring (bicyclic) bond motifs is 1. The van der Waals surface area contributed by atoms with E-state index >= 15 is 0 Å². The first-order valence-corrected chi connectivity index (χ1v) is 5.91. The fourth-order valence-corrected chi connectivity index (χ4v) is 2.29. The molecule has 3 heteroatoms. The lowest BCUT2D eigenvalue weighted by molar-refractivity contribution is 0.414. The quantitative estimate of drug-likeness (QED) is 0.746. The highest BCUT2D eigenvalue weighted by atomic mass is 16.5. The summed E-state index contributed by atoms with van der Waals surface area (Å²) >= 11 is 0. The lowest BCUT2D eigenvalue weighted by Gasteiger charge is -2.10. The van der Waals surface area contributed by atoms with E-state index in [-0.39, 0.29) is 0 Å². The molecule has 1 unspecified atom stereocenters. The van der Waals surface area contributed by atoms with Gasteiger partial charge >= 0.3 is 0 Å². The van der Waals surface area contributed by atoms with Gasteiger partial charge in [-0.25, -0.2) is 0 Å². The first-order chi connectivity index (χ1) is 7.85. The van der Waals surface area contributed by atoms with E-state index in [4.69, 9.17) is 4.74 Å². The molecule has 0 saturated heterocycles. The molecule has 1 aromatic carbocycles. The molecule has 1 aliphatic rings. The molecule has 0 spiro atoms. The Kier molecular flexibility index (Phi) is 3.67. The van der Waals surface area contributed by atoms with Gasteiger partial charge in [-0.2, -0.15) is 0 Å². The number of nitrogens with one attached hydrogen (secondary N) is 2. The molecular formula is C13H20N2O. The molecule has 1 aromatic rings. The highest BCUT2D eigenvalue weighted by Gasteiger charge is 2.21. The molecule has 1 heterocycles. The third-order valence-corrected chi connectivity index (χ3v) is 3.22. The van der Waals surface area contributed by atoms with Crippen LogP contribution in [0.4, 0.5) is 5.69 Å². The van der Waals surface area contributed by atoms with Crippen molar-refractivity contribution in [1.82, 2.24) is 5.32 Å². The minimum atomic E-state index is 0.637. The van der Waals surface area contributed by atoms with E-state index in [0.717, 1.165) is 18.8 Å². The van der Waals surface area contributed by atoms with Crippen molar-refractivity contribution in [3.63, 3.8) is 0 Å². The second-order valence-corrected chi connectivity index (χ2v) is 4.28. The van der Waals surface area contributed by atoms with Crippen molar-refractivity contribution in [3.05, 3.63) is 23.8 Å². The maximum absolute atomic E-state index is 5.27. The topological polar surface area (TPSA) is 33.3 Å². The van der Waals surface area contributed by atoms with Crippen molar-refractivity contribution in [3.8, 4) is 5.75 Å². The van der Waals surface area contributed by atoms with Crippen LogP contribution in [-0.4, -0.2) is 27.2 Å². The van der Waals surface area contributed by atoms with Crippen molar-refractivity contribution >= 4 is 5.69 Å². The van der Waals surface area contributed by atoms with Gasteiger partial charge in [-0.15, -0.1) is 0 Å². The predicted octanol–water partition coefficient (Wildman–Crippen LogP) is 2.20. The van der Waals surface area contributed by atoms with Crippen molar-refractivity contribution in [2.45, 2.75) is 18.8 Å². The van der Waals surface area contributed by atoms with Crippen LogP contribution in [0.25, 0.3) is 0 Å². The Morgan fingerprint density at radius 1 is 1.50 bits per heavy atom. The molecule has 0 amide bonds. The van der Waals surface area contributed by atoms with E-state index in [2.05, 4.69) is 22.8 Å². The summed E-state index contributed by atoms with van der Waals surface area (Å²) in [7, 11) is 3.73. The van der Waals surface area contributed by atoms with Crippen LogP contribution in [0.15, 0.2) is 18.2 Å². The van der Waals surface area contributed by atoms with Crippen molar-refractivity contribution in [2.75, 3.05) is 32.6 Å². The Hall–Kier alpha value is -1.22. The van der Waals surface area contributed by atoms with Crippen LogP contribution in [0.1, 0.15) is 24.3 Å². The summed E-state index contributed by atoms with van der Waals surface area (Å²) in [5.74, 6) is 1.60. The van der Waals surface area contributed by atoms with Crippen LogP contribution in [0.5, 0.6) is 5.75 Å². The third-order valence-electron chi connectivity index (χ3n) is 3.22. The van der Waals surface area contributed by atoms with Crippen molar-refractivity contribution in [2.24, 2.45) is 0 Å². The summed E-state index contributed by atoms with van der Waals surface area (Å²) in [6, 6.07) is 6.30. The Bertz CT molecular complexity index is 352. The van der Waals surface area contributed by atoms with E-state index in [1.54, 1.807) is 7.11 Å². The standard InChI is InChI=1S/C13H20N2O/c1-14-7-3-4-10-9-15-13-6-5-11(16-2)8-12(10)13/h5-6,8,10,14-15H,3-4,7,9H2,1-2H3. The predicted molar refractivity (Wildman–Crippen MR) is 67.4 cm³/mol. The molecule has 2 rings (SSSR count). The monoisotopic (exact) mass is 220 g/mol. The molecule has 0 saturated carbocycles. The molecule has 3 nitrogen and oxygen atoms in total. The minimum Gasteiger partial charge on any atom is -0.497 e. The van der Waals surface area contributed by atoms with Gasteiger partial charge in [-0.1, -0.05) is 0 Å². The molecule has 0 aliphatic carbocycles. The zero-order valence-corrected chi connectivity index (χ0v) is 10.0. The largest absolute Gasteiger partial charge is 0.497 e. The van der Waals surface area contributed by atoms with E-state index in [1.165, 1.54) is 24.1 Å². The fraction of sp³-hybridized carbons (Fsp3) is 0.538. The highest BCUT2D eigenvalue weighted by molar-refractivity contribution is 5.60. The highest BCUT2D eigenvalue weighted by Crippen LogP contribution is 2.36. The summed E-state index contributed by atoms with van der Waals surface area (Å²) in [6.07, 6.45) is 2.45. The van der Waals surface area contributed by atoms with Crippen LogP contribution < -0.4 is 15.4 Å². The fourth-order valence-electron chi connectivity index (χ4n) is 2.29. The summed E-state index contributed by atoms with van der Waals surface area (Å²) in [5, 5.41) is 6.65. The summed E-state index contributed by atoms with van der Waals surface area (Å²) in [4.78, 5) is 0. The van der Waals surface area contributed by atoms with E-state index in [0.29, 0.717) is 5.92 Å². The van der Waals surface area contributed by atoms with Gasteiger partial charge in [0, 0.05) is 18.2 Å². The lowest BCUT2D eigenvalue weighted by Crippen LogP contribution is -2.10. The van der Waals surface area contributed by atoms with Crippen molar-refractivity contribution in [1.29, 1.82) is 0 Å². The number of hydrogen-bond donors (Lipinski definition) is 2. The molecule has 0 fully saturated rings. The Labute approximate surface area is 97.2 Å². The molecule has 88 valence electrons.